The first-order valence-electron chi connectivity index (χ1n) is 20.0. The number of benzene rings is 4. The Morgan fingerprint density at radius 2 is 0.900 bits per heavy atom. The molecule has 4 aromatic heterocycles. The molecule has 8 rings (SSSR count). The van der Waals surface area contributed by atoms with Gasteiger partial charge in [-0.25, -0.2) is 13.4 Å². The summed E-state index contributed by atoms with van der Waals surface area (Å²) < 4.78 is 73.1. The van der Waals surface area contributed by atoms with Crippen molar-refractivity contribution in [2.45, 2.75) is 9.79 Å². The van der Waals surface area contributed by atoms with Crippen LogP contribution in [0, 0.1) is 0 Å². The minimum atomic E-state index is -4.68. The Hall–Kier alpha value is -6.51. The molecule has 0 aliphatic heterocycles. The number of fused-ring (bicyclic) bond motifs is 2. The number of amidine groups is 1. The molecular formula is C45H38N10Na2O11S2. The molecule has 348 valence electrons. The third kappa shape index (κ3) is 11.6. The fourth-order valence-electron chi connectivity index (χ4n) is 7.50. The quantitative estimate of drug-likeness (QED) is 0.0371. The molecule has 25 heteroatoms. The molecule has 70 heavy (non-hydrogen) atoms. The number of hydrogen-bond acceptors (Lipinski definition) is 11. The predicted molar refractivity (Wildman–Crippen MR) is 250 cm³/mol. The molecule has 0 bridgehead atoms. The van der Waals surface area contributed by atoms with Gasteiger partial charge in [0.25, 0.3) is 33.7 Å². The molecule has 0 fully saturated rings. The summed E-state index contributed by atoms with van der Waals surface area (Å²) in [5, 5.41) is 28.6. The minimum Gasteiger partial charge on any atom is -0.846 e. The maximum absolute atomic E-state index is 13.4. The summed E-state index contributed by atoms with van der Waals surface area (Å²) in [5.74, 6) is -2.18. The van der Waals surface area contributed by atoms with Gasteiger partial charge in [0.15, 0.2) is 0 Å². The summed E-state index contributed by atoms with van der Waals surface area (Å²) >= 11 is 0. The molecule has 0 aliphatic rings. The van der Waals surface area contributed by atoms with Crippen molar-refractivity contribution >= 4 is 106 Å². The van der Waals surface area contributed by atoms with E-state index in [1.807, 2.05) is 0 Å². The fraction of sp³-hybridized carbons (Fsp3) is 0.0889. The SMILES string of the molecule is Cn1cc(N=C([O-])Nc2cc(C(=O)Nc3cc(C(=O)Nc4cccc5cc(S(=O)(=O)O)ccc45)n(C)c3)n(C)c2)cc1C(=O)Nc1cc(C(=O)Nc2cccc3cc(S(=O)(=O)[O-])ccc23)n(C)c1.[Na+].[Na+]. The first-order chi connectivity index (χ1) is 32.1. The Bertz CT molecular complexity index is 3670. The maximum atomic E-state index is 13.4. The number of aromatic nitrogens is 4. The Morgan fingerprint density at radius 1 is 0.514 bits per heavy atom. The maximum Gasteiger partial charge on any atom is 1.00 e. The zero-order chi connectivity index (χ0) is 48.8. The van der Waals surface area contributed by atoms with Crippen LogP contribution in [-0.2, 0) is 48.4 Å². The van der Waals surface area contributed by atoms with Crippen LogP contribution >= 0.6 is 0 Å². The van der Waals surface area contributed by atoms with Crippen molar-refractivity contribution in [3.8, 4) is 0 Å². The van der Waals surface area contributed by atoms with Gasteiger partial charge in [0.2, 0.25) is 0 Å². The van der Waals surface area contributed by atoms with Crippen molar-refractivity contribution in [2.24, 2.45) is 33.2 Å². The van der Waals surface area contributed by atoms with E-state index in [9.17, 15) is 50.2 Å². The number of hydrogen-bond donors (Lipinski definition) is 6. The van der Waals surface area contributed by atoms with Crippen LogP contribution in [0.2, 0.25) is 0 Å². The molecule has 0 unspecified atom stereocenters. The van der Waals surface area contributed by atoms with Crippen molar-refractivity contribution in [1.82, 2.24) is 18.3 Å². The van der Waals surface area contributed by atoms with Gasteiger partial charge in [0.1, 0.15) is 32.9 Å². The van der Waals surface area contributed by atoms with Crippen LogP contribution in [-0.4, -0.2) is 73.9 Å². The zero-order valence-electron chi connectivity index (χ0n) is 38.1. The second kappa shape index (κ2) is 20.8. The fourth-order valence-corrected chi connectivity index (χ4v) is 8.52. The van der Waals surface area contributed by atoms with E-state index >= 15 is 0 Å². The van der Waals surface area contributed by atoms with Gasteiger partial charge in [0.05, 0.1) is 38.6 Å². The Kier molecular flexibility index (Phi) is 15.7. The Balaban J connectivity index is 0.00000402. The Labute approximate surface area is 443 Å². The second-order valence-electron chi connectivity index (χ2n) is 15.5. The monoisotopic (exact) mass is 1000 g/mol. The largest absolute Gasteiger partial charge is 1.00 e. The number of aryl methyl sites for hydroxylation is 4. The first kappa shape index (κ1) is 52.9. The van der Waals surface area contributed by atoms with Crippen LogP contribution in [0.25, 0.3) is 21.5 Å². The minimum absolute atomic E-state index is 0. The number of carbonyl (C=O) groups is 4. The summed E-state index contributed by atoms with van der Waals surface area (Å²) in [6, 6.07) is 22.4. The van der Waals surface area contributed by atoms with Crippen molar-refractivity contribution in [3.63, 3.8) is 0 Å². The van der Waals surface area contributed by atoms with E-state index in [0.717, 1.165) is 6.07 Å². The molecule has 8 aromatic rings. The second-order valence-corrected chi connectivity index (χ2v) is 18.3. The molecular weight excluding hydrogens is 967 g/mol. The van der Waals surface area contributed by atoms with Crippen LogP contribution in [0.1, 0.15) is 42.0 Å². The van der Waals surface area contributed by atoms with E-state index in [1.165, 1.54) is 97.7 Å². The molecule has 0 atom stereocenters. The number of anilines is 5. The van der Waals surface area contributed by atoms with E-state index in [1.54, 1.807) is 64.6 Å². The smallest absolute Gasteiger partial charge is 0.846 e. The normalized spacial score (nSPS) is 11.7. The van der Waals surface area contributed by atoms with Gasteiger partial charge in [-0.2, -0.15) is 8.42 Å². The third-order valence-electron chi connectivity index (χ3n) is 10.7. The number of nitrogens with one attached hydrogen (secondary N) is 5. The van der Waals surface area contributed by atoms with E-state index in [0.29, 0.717) is 38.6 Å². The van der Waals surface area contributed by atoms with E-state index in [2.05, 4.69) is 31.6 Å². The molecule has 6 N–H and O–H groups in total. The number of aliphatic imine (C=N–C) groups is 1. The van der Waals surface area contributed by atoms with Crippen molar-refractivity contribution < 1.29 is 109 Å². The topological polar surface area (TPSA) is 295 Å². The molecule has 4 amide bonds. The first-order valence-corrected chi connectivity index (χ1v) is 22.9. The van der Waals surface area contributed by atoms with Gasteiger partial charge in [-0.3, -0.25) is 23.7 Å². The van der Waals surface area contributed by atoms with Crippen LogP contribution < -0.4 is 90.8 Å². The van der Waals surface area contributed by atoms with E-state index in [4.69, 9.17) is 0 Å². The van der Waals surface area contributed by atoms with Crippen LogP contribution in [0.15, 0.2) is 137 Å². The summed E-state index contributed by atoms with van der Waals surface area (Å²) in [7, 11) is -2.72. The number of rotatable bonds is 12. The van der Waals surface area contributed by atoms with E-state index in [-0.39, 0.29) is 104 Å². The van der Waals surface area contributed by atoms with E-state index < -0.39 is 54.8 Å². The van der Waals surface area contributed by atoms with Gasteiger partial charge >= 0.3 is 59.1 Å². The van der Waals surface area contributed by atoms with Crippen molar-refractivity contribution in [3.05, 3.63) is 145 Å². The molecule has 4 aromatic carbocycles. The molecule has 0 spiro atoms. The van der Waals surface area contributed by atoms with Crippen molar-refractivity contribution in [1.29, 1.82) is 0 Å². The molecule has 0 saturated carbocycles. The predicted octanol–water partition coefficient (Wildman–Crippen LogP) is -1.03. The summed E-state index contributed by atoms with van der Waals surface area (Å²) in [6.45, 7) is 0. The number of carbonyl (C=O) groups excluding carboxylic acids is 4. The van der Waals surface area contributed by atoms with Crippen LogP contribution in [0.3, 0.4) is 0 Å². The average Bonchev–Trinajstić information content (AvgIpc) is 4.04. The number of amides is 4. The molecule has 0 aliphatic carbocycles. The van der Waals surface area contributed by atoms with Gasteiger partial charge in [-0.1, -0.05) is 36.4 Å². The molecule has 0 radical (unpaired) electrons. The van der Waals surface area contributed by atoms with Crippen molar-refractivity contribution in [2.75, 3.05) is 26.6 Å². The molecule has 0 saturated heterocycles. The third-order valence-corrected chi connectivity index (χ3v) is 12.4. The summed E-state index contributed by atoms with van der Waals surface area (Å²) in [4.78, 5) is 56.8. The summed E-state index contributed by atoms with van der Waals surface area (Å²) in [6.07, 6.45) is 6.01. The summed E-state index contributed by atoms with van der Waals surface area (Å²) in [5.41, 5.74) is 2.35. The van der Waals surface area contributed by atoms with Gasteiger partial charge in [-0.05, 0) is 71.4 Å². The molecule has 21 nitrogen and oxygen atoms in total. The van der Waals surface area contributed by atoms with Gasteiger partial charge in [-0.15, -0.1) is 0 Å². The van der Waals surface area contributed by atoms with Crippen LogP contribution in [0.4, 0.5) is 34.1 Å². The zero-order valence-corrected chi connectivity index (χ0v) is 43.8. The van der Waals surface area contributed by atoms with Gasteiger partial charge in [0, 0.05) is 75.1 Å². The number of nitrogens with zero attached hydrogens (tertiary/aromatic N) is 5. The average molecular weight is 1000 g/mol. The Morgan fingerprint density at radius 3 is 1.34 bits per heavy atom. The molecule has 4 heterocycles. The van der Waals surface area contributed by atoms with Crippen LogP contribution in [0.5, 0.6) is 0 Å². The van der Waals surface area contributed by atoms with Gasteiger partial charge < -0.3 is 54.5 Å². The standard InChI is InChI=1S/C45H40N10O11S2.2Na/c1-52-21-27(17-39(52)43(58)50-35-9-5-7-25-15-31(67(61,62)63)11-13-33(25)35)46-41(56)37-19-29(23-54(37)3)48-45(60)49-30-20-38(55(4)24-30)42(57)47-28-18-40(53(2)22-28)44(59)51-36-10-6-8-26-16-32(68(64,65)66)12-14-34(26)36;;/h5-24H,1-4H3,(H,46,56)(H,47,57)(H,50,58)(H,51,59)(H2,48,49,60)(H,61,62,63)(H,64,65,66);;/q;2*+1/p-2.